The lowest BCUT2D eigenvalue weighted by molar-refractivity contribution is 0.0567. The van der Waals surface area contributed by atoms with E-state index in [1.165, 1.54) is 16.7 Å². The van der Waals surface area contributed by atoms with Crippen molar-refractivity contribution in [1.29, 1.82) is 0 Å². The van der Waals surface area contributed by atoms with Gasteiger partial charge in [-0.25, -0.2) is 0 Å². The number of aliphatic hydroxyl groups is 1. The Morgan fingerprint density at radius 3 is 2.35 bits per heavy atom. The van der Waals surface area contributed by atoms with Crippen LogP contribution >= 0.6 is 0 Å². The normalized spacial score (nSPS) is 14.6. The molecule has 0 fully saturated rings. The molecule has 1 aromatic carbocycles. The van der Waals surface area contributed by atoms with Crippen LogP contribution in [0.1, 0.15) is 29.2 Å². The second-order valence-electron chi connectivity index (χ2n) is 4.83. The Morgan fingerprint density at radius 1 is 1.18 bits per heavy atom. The molecule has 1 atom stereocenters. The zero-order chi connectivity index (χ0) is 12.5. The molecule has 0 aliphatic rings. The third-order valence-electron chi connectivity index (χ3n) is 3.31. The summed E-state index contributed by atoms with van der Waals surface area (Å²) < 4.78 is 5.04. The molecule has 2 nitrogen and oxygen atoms in total. The van der Waals surface area contributed by atoms with Crippen LogP contribution in [-0.4, -0.2) is 5.11 Å². The van der Waals surface area contributed by atoms with E-state index in [4.69, 9.17) is 4.42 Å². The van der Waals surface area contributed by atoms with Crippen LogP contribution in [0.25, 0.3) is 0 Å². The number of hydrogen-bond donors (Lipinski definition) is 1. The first-order valence-corrected chi connectivity index (χ1v) is 5.81. The molecule has 0 spiro atoms. The van der Waals surface area contributed by atoms with E-state index in [0.29, 0.717) is 6.42 Å². The Bertz CT molecular complexity index is 475. The van der Waals surface area contributed by atoms with E-state index in [1.807, 2.05) is 19.1 Å². The fourth-order valence-corrected chi connectivity index (χ4v) is 2.15. The van der Waals surface area contributed by atoms with Gasteiger partial charge in [0.05, 0.1) is 18.1 Å². The Balaban J connectivity index is 2.32. The number of rotatable bonds is 3. The first-order chi connectivity index (χ1) is 8.00. The minimum absolute atomic E-state index is 0.602. The quantitative estimate of drug-likeness (QED) is 0.877. The maximum absolute atomic E-state index is 10.5. The second-order valence-corrected chi connectivity index (χ2v) is 4.83. The van der Waals surface area contributed by atoms with Gasteiger partial charge in [0.15, 0.2) is 0 Å². The lowest BCUT2D eigenvalue weighted by Crippen LogP contribution is -2.24. The van der Waals surface area contributed by atoms with Crippen molar-refractivity contribution in [3.8, 4) is 0 Å². The average Bonchev–Trinajstić information content (AvgIpc) is 2.77. The minimum atomic E-state index is -0.885. The Morgan fingerprint density at radius 2 is 1.82 bits per heavy atom. The van der Waals surface area contributed by atoms with E-state index in [2.05, 4.69) is 26.0 Å². The fraction of sp³-hybridized carbons (Fsp3) is 0.333. The van der Waals surface area contributed by atoms with Crippen molar-refractivity contribution in [3.05, 3.63) is 59.0 Å². The molecular formula is C15H18O2. The van der Waals surface area contributed by atoms with Crippen molar-refractivity contribution in [2.75, 3.05) is 0 Å². The van der Waals surface area contributed by atoms with E-state index in [9.17, 15) is 5.11 Å². The largest absolute Gasteiger partial charge is 0.472 e. The molecular weight excluding hydrogens is 212 g/mol. The van der Waals surface area contributed by atoms with Gasteiger partial charge in [-0.3, -0.25) is 0 Å². The number of hydrogen-bond acceptors (Lipinski definition) is 2. The summed E-state index contributed by atoms with van der Waals surface area (Å²) >= 11 is 0. The van der Waals surface area contributed by atoms with Gasteiger partial charge in [-0.05, 0) is 43.5 Å². The maximum Gasteiger partial charge on any atom is 0.0963 e. The molecule has 0 aliphatic carbocycles. The summed E-state index contributed by atoms with van der Waals surface area (Å²) in [6.45, 7) is 5.98. The van der Waals surface area contributed by atoms with Gasteiger partial charge < -0.3 is 9.52 Å². The number of benzene rings is 1. The highest BCUT2D eigenvalue weighted by Gasteiger charge is 2.26. The van der Waals surface area contributed by atoms with Gasteiger partial charge in [-0.15, -0.1) is 0 Å². The summed E-state index contributed by atoms with van der Waals surface area (Å²) in [5.41, 5.74) is 3.57. The summed E-state index contributed by atoms with van der Waals surface area (Å²) in [7, 11) is 0. The molecule has 0 amide bonds. The third kappa shape index (κ3) is 2.42. The first kappa shape index (κ1) is 11.9. The van der Waals surface area contributed by atoms with E-state index >= 15 is 0 Å². The predicted molar refractivity (Wildman–Crippen MR) is 67.9 cm³/mol. The molecule has 2 rings (SSSR count). The van der Waals surface area contributed by atoms with Gasteiger partial charge in [0, 0.05) is 12.0 Å². The van der Waals surface area contributed by atoms with E-state index in [-0.39, 0.29) is 0 Å². The highest BCUT2D eigenvalue weighted by atomic mass is 16.3. The van der Waals surface area contributed by atoms with Gasteiger partial charge in [0.2, 0.25) is 0 Å². The van der Waals surface area contributed by atoms with Crippen LogP contribution in [0.3, 0.4) is 0 Å². The maximum atomic E-state index is 10.5. The van der Waals surface area contributed by atoms with Gasteiger partial charge in [0.25, 0.3) is 0 Å². The van der Waals surface area contributed by atoms with E-state index in [1.54, 1.807) is 12.5 Å². The molecule has 0 bridgehead atoms. The van der Waals surface area contributed by atoms with Crippen LogP contribution in [0.5, 0.6) is 0 Å². The zero-order valence-electron chi connectivity index (χ0n) is 10.5. The van der Waals surface area contributed by atoms with Crippen LogP contribution < -0.4 is 0 Å². The van der Waals surface area contributed by atoms with Crippen LogP contribution in [-0.2, 0) is 12.0 Å². The monoisotopic (exact) mass is 230 g/mol. The molecule has 17 heavy (non-hydrogen) atoms. The van der Waals surface area contributed by atoms with Crippen LogP contribution in [0.15, 0.2) is 41.2 Å². The van der Waals surface area contributed by atoms with Crippen LogP contribution in [0, 0.1) is 13.8 Å². The van der Waals surface area contributed by atoms with Crippen molar-refractivity contribution >= 4 is 0 Å². The summed E-state index contributed by atoms with van der Waals surface area (Å²) in [6.07, 6.45) is 3.80. The topological polar surface area (TPSA) is 33.4 Å². The van der Waals surface area contributed by atoms with Crippen molar-refractivity contribution in [3.63, 3.8) is 0 Å². The Labute approximate surface area is 102 Å². The standard InChI is InChI=1S/C15H18O2/c1-11-5-4-6-12(2)14(11)9-15(3,16)13-7-8-17-10-13/h4-8,10,16H,9H2,1-3H3. The van der Waals surface area contributed by atoms with Crippen molar-refractivity contribution in [2.24, 2.45) is 0 Å². The van der Waals surface area contributed by atoms with Crippen LogP contribution in [0.2, 0.25) is 0 Å². The molecule has 2 aromatic rings. The molecule has 0 radical (unpaired) electrons. The van der Waals surface area contributed by atoms with Gasteiger partial charge in [0.1, 0.15) is 0 Å². The summed E-state index contributed by atoms with van der Waals surface area (Å²) in [4.78, 5) is 0. The smallest absolute Gasteiger partial charge is 0.0963 e. The molecule has 0 aliphatic heterocycles. The Hall–Kier alpha value is -1.54. The predicted octanol–water partition coefficient (Wildman–Crippen LogP) is 3.35. The van der Waals surface area contributed by atoms with Crippen molar-refractivity contribution < 1.29 is 9.52 Å². The molecule has 1 N–H and O–H groups in total. The van der Waals surface area contributed by atoms with Gasteiger partial charge in [-0.1, -0.05) is 18.2 Å². The molecule has 0 saturated carbocycles. The lowest BCUT2D eigenvalue weighted by Gasteiger charge is -2.24. The van der Waals surface area contributed by atoms with E-state index < -0.39 is 5.60 Å². The zero-order valence-corrected chi connectivity index (χ0v) is 10.5. The number of furan rings is 1. The average molecular weight is 230 g/mol. The molecule has 90 valence electrons. The summed E-state index contributed by atoms with van der Waals surface area (Å²) in [6, 6.07) is 8.01. The SMILES string of the molecule is Cc1cccc(C)c1CC(C)(O)c1ccoc1. The summed E-state index contributed by atoms with van der Waals surface area (Å²) in [5, 5.41) is 10.5. The van der Waals surface area contributed by atoms with Gasteiger partial charge in [-0.2, -0.15) is 0 Å². The van der Waals surface area contributed by atoms with E-state index in [0.717, 1.165) is 5.56 Å². The molecule has 2 heteroatoms. The Kier molecular flexibility index (Phi) is 3.07. The highest BCUT2D eigenvalue weighted by molar-refractivity contribution is 5.35. The molecule has 1 unspecified atom stereocenters. The molecule has 1 heterocycles. The second kappa shape index (κ2) is 4.38. The third-order valence-corrected chi connectivity index (χ3v) is 3.31. The highest BCUT2D eigenvalue weighted by Crippen LogP contribution is 2.28. The van der Waals surface area contributed by atoms with Gasteiger partial charge >= 0.3 is 0 Å². The number of aryl methyl sites for hydroxylation is 2. The molecule has 1 aromatic heterocycles. The van der Waals surface area contributed by atoms with Crippen LogP contribution in [0.4, 0.5) is 0 Å². The molecule has 0 saturated heterocycles. The summed E-state index contributed by atoms with van der Waals surface area (Å²) in [5.74, 6) is 0. The fourth-order valence-electron chi connectivity index (χ4n) is 2.15. The lowest BCUT2D eigenvalue weighted by atomic mass is 9.87. The first-order valence-electron chi connectivity index (χ1n) is 5.81. The minimum Gasteiger partial charge on any atom is -0.472 e. The van der Waals surface area contributed by atoms with Crippen molar-refractivity contribution in [2.45, 2.75) is 32.8 Å². The van der Waals surface area contributed by atoms with Crippen molar-refractivity contribution in [1.82, 2.24) is 0 Å².